The third-order valence-electron chi connectivity index (χ3n) is 2.97. The van der Waals surface area contributed by atoms with E-state index >= 15 is 0 Å². The van der Waals surface area contributed by atoms with Gasteiger partial charge in [0.05, 0.1) is 0 Å². The molecule has 2 heterocycles. The van der Waals surface area contributed by atoms with Crippen molar-refractivity contribution in [2.75, 3.05) is 24.3 Å². The first kappa shape index (κ1) is 14.7. The maximum absolute atomic E-state index is 5.65. The van der Waals surface area contributed by atoms with E-state index in [9.17, 15) is 0 Å². The van der Waals surface area contributed by atoms with Crippen LogP contribution in [0.1, 0.15) is 37.9 Å². The first-order valence-electron chi connectivity index (χ1n) is 6.62. The fraction of sp³-hybridized carbons (Fsp3) is 0.692. The van der Waals surface area contributed by atoms with Gasteiger partial charge in [0.25, 0.3) is 0 Å². The molecule has 1 aliphatic heterocycles. The van der Waals surface area contributed by atoms with Crippen LogP contribution in [0.2, 0.25) is 0 Å². The summed E-state index contributed by atoms with van der Waals surface area (Å²) in [5.41, 5.74) is 7.65. The maximum atomic E-state index is 5.65. The molecular weight excluding hydrogens is 228 g/mol. The zero-order valence-electron chi connectivity index (χ0n) is 11.8. The fourth-order valence-corrected chi connectivity index (χ4v) is 1.83. The van der Waals surface area contributed by atoms with Crippen LogP contribution in [-0.4, -0.2) is 29.2 Å². The summed E-state index contributed by atoms with van der Waals surface area (Å²) in [7, 11) is 0. The summed E-state index contributed by atoms with van der Waals surface area (Å²) < 4.78 is 5.32. The van der Waals surface area contributed by atoms with Crippen molar-refractivity contribution in [1.82, 2.24) is 9.97 Å². The van der Waals surface area contributed by atoms with E-state index in [1.54, 1.807) is 0 Å². The zero-order valence-corrected chi connectivity index (χ0v) is 11.8. The van der Waals surface area contributed by atoms with Crippen molar-refractivity contribution in [3.63, 3.8) is 0 Å². The van der Waals surface area contributed by atoms with Crippen LogP contribution >= 0.6 is 0 Å². The van der Waals surface area contributed by atoms with Crippen LogP contribution in [0.4, 0.5) is 11.8 Å². The largest absolute Gasteiger partial charge is 0.381 e. The fourth-order valence-electron chi connectivity index (χ4n) is 1.83. The van der Waals surface area contributed by atoms with E-state index in [2.05, 4.69) is 15.3 Å². The Bertz CT molecular complexity index is 375. The molecule has 0 amide bonds. The highest BCUT2D eigenvalue weighted by Gasteiger charge is 2.15. The van der Waals surface area contributed by atoms with Crippen molar-refractivity contribution in [2.24, 2.45) is 0 Å². The highest BCUT2D eigenvalue weighted by molar-refractivity contribution is 5.49. The number of nitrogens with two attached hydrogens (primary N) is 1. The lowest BCUT2D eigenvalue weighted by molar-refractivity contribution is 0.0904. The Morgan fingerprint density at radius 2 is 1.78 bits per heavy atom. The molecular formula is C13H24N4O. The Hall–Kier alpha value is -1.36. The minimum absolute atomic E-state index is 0.331. The smallest absolute Gasteiger partial charge is 0.222 e. The normalized spacial score (nSPS) is 15.8. The lowest BCUT2D eigenvalue weighted by Crippen LogP contribution is -2.28. The monoisotopic (exact) mass is 252 g/mol. The third-order valence-corrected chi connectivity index (χ3v) is 2.97. The molecule has 0 aliphatic carbocycles. The second-order valence-electron chi connectivity index (χ2n) is 4.17. The highest BCUT2D eigenvalue weighted by atomic mass is 16.5. The van der Waals surface area contributed by atoms with Crippen molar-refractivity contribution in [1.29, 1.82) is 0 Å². The van der Waals surface area contributed by atoms with E-state index in [4.69, 9.17) is 10.5 Å². The van der Waals surface area contributed by atoms with Gasteiger partial charge in [-0.2, -0.15) is 4.98 Å². The lowest BCUT2D eigenvalue weighted by atomic mass is 10.1. The number of nitrogens with zero attached hydrogens (tertiary/aromatic N) is 2. The van der Waals surface area contributed by atoms with Gasteiger partial charge < -0.3 is 15.8 Å². The molecule has 18 heavy (non-hydrogen) atoms. The molecule has 0 unspecified atom stereocenters. The first-order chi connectivity index (χ1) is 8.66. The molecule has 1 aromatic rings. The number of nitrogens with one attached hydrogen (secondary N) is 1. The predicted octanol–water partition coefficient (Wildman–Crippen LogP) is 2.29. The summed E-state index contributed by atoms with van der Waals surface area (Å²) in [5.74, 6) is 1.19. The maximum Gasteiger partial charge on any atom is 0.222 e. The van der Waals surface area contributed by atoms with Crippen LogP contribution in [0.15, 0.2) is 0 Å². The number of nitrogen functional groups attached to an aromatic ring is 1. The Balaban J connectivity index is 0.000000771. The highest BCUT2D eigenvalue weighted by Crippen LogP contribution is 2.19. The van der Waals surface area contributed by atoms with Crippen molar-refractivity contribution in [2.45, 2.75) is 46.6 Å². The Morgan fingerprint density at radius 1 is 1.17 bits per heavy atom. The molecule has 0 spiro atoms. The summed E-state index contributed by atoms with van der Waals surface area (Å²) in [6.45, 7) is 9.59. The van der Waals surface area contributed by atoms with Gasteiger partial charge in [0.2, 0.25) is 5.95 Å². The van der Waals surface area contributed by atoms with Gasteiger partial charge in [0.15, 0.2) is 0 Å². The van der Waals surface area contributed by atoms with Crippen molar-refractivity contribution < 1.29 is 4.74 Å². The van der Waals surface area contributed by atoms with E-state index in [1.165, 1.54) is 0 Å². The first-order valence-corrected chi connectivity index (χ1v) is 6.62. The van der Waals surface area contributed by atoms with Gasteiger partial charge >= 0.3 is 0 Å². The van der Waals surface area contributed by atoms with Crippen LogP contribution < -0.4 is 11.1 Å². The number of hydrogen-bond acceptors (Lipinski definition) is 5. The van der Waals surface area contributed by atoms with Crippen molar-refractivity contribution in [3.05, 3.63) is 11.3 Å². The number of anilines is 2. The predicted molar refractivity (Wildman–Crippen MR) is 74.7 cm³/mol. The molecule has 0 saturated carbocycles. The lowest BCUT2D eigenvalue weighted by Gasteiger charge is -2.24. The molecule has 0 atom stereocenters. The van der Waals surface area contributed by atoms with E-state index < -0.39 is 0 Å². The molecule has 5 heteroatoms. The standard InChI is InChI=1S/C11H18N4O.C2H6/c1-7-8(2)13-11(12)15-10(7)14-9-3-5-16-6-4-9;1-2/h9H,3-6H2,1-2H3,(H3,12,13,14,15);1-2H3. The molecule has 1 saturated heterocycles. The van der Waals surface area contributed by atoms with Crippen LogP contribution in [0, 0.1) is 13.8 Å². The van der Waals surface area contributed by atoms with Crippen LogP contribution in [-0.2, 0) is 4.74 Å². The van der Waals surface area contributed by atoms with Gasteiger partial charge in [-0.1, -0.05) is 13.8 Å². The number of aryl methyl sites for hydroxylation is 1. The number of hydrogen-bond donors (Lipinski definition) is 2. The molecule has 0 aromatic carbocycles. The quantitative estimate of drug-likeness (QED) is 0.845. The summed E-state index contributed by atoms with van der Waals surface area (Å²) in [6.07, 6.45) is 2.03. The summed E-state index contributed by atoms with van der Waals surface area (Å²) in [5, 5.41) is 3.42. The van der Waals surface area contributed by atoms with Crippen LogP contribution in [0.3, 0.4) is 0 Å². The van der Waals surface area contributed by atoms with Gasteiger partial charge in [-0.25, -0.2) is 4.98 Å². The van der Waals surface area contributed by atoms with Gasteiger partial charge in [0, 0.05) is 30.5 Å². The molecule has 1 aromatic heterocycles. The molecule has 0 bridgehead atoms. The second kappa shape index (κ2) is 7.16. The topological polar surface area (TPSA) is 73.1 Å². The summed E-state index contributed by atoms with van der Waals surface area (Å²) in [4.78, 5) is 8.37. The summed E-state index contributed by atoms with van der Waals surface area (Å²) >= 11 is 0. The minimum atomic E-state index is 0.331. The average Bonchev–Trinajstić information content (AvgIpc) is 2.39. The molecule has 0 radical (unpaired) electrons. The van der Waals surface area contributed by atoms with Crippen molar-refractivity contribution in [3.8, 4) is 0 Å². The molecule has 102 valence electrons. The second-order valence-corrected chi connectivity index (χ2v) is 4.17. The minimum Gasteiger partial charge on any atom is -0.381 e. The van der Waals surface area contributed by atoms with Gasteiger partial charge in [-0.15, -0.1) is 0 Å². The number of ether oxygens (including phenoxy) is 1. The zero-order chi connectivity index (χ0) is 13.5. The van der Waals surface area contributed by atoms with Gasteiger partial charge in [-0.05, 0) is 26.7 Å². The van der Waals surface area contributed by atoms with E-state index in [1.807, 2.05) is 27.7 Å². The van der Waals surface area contributed by atoms with E-state index in [0.29, 0.717) is 12.0 Å². The van der Waals surface area contributed by atoms with Gasteiger partial charge in [-0.3, -0.25) is 0 Å². The van der Waals surface area contributed by atoms with Crippen LogP contribution in [0.25, 0.3) is 0 Å². The Kier molecular flexibility index (Phi) is 5.85. The SMILES string of the molecule is CC.Cc1nc(N)nc(NC2CCOCC2)c1C. The molecule has 2 rings (SSSR count). The summed E-state index contributed by atoms with van der Waals surface area (Å²) in [6, 6.07) is 0.432. The molecule has 3 N–H and O–H groups in total. The third kappa shape index (κ3) is 3.84. The van der Waals surface area contributed by atoms with Crippen LogP contribution in [0.5, 0.6) is 0 Å². The molecule has 1 aliphatic rings. The number of rotatable bonds is 2. The van der Waals surface area contributed by atoms with E-state index in [0.717, 1.165) is 43.1 Å². The molecule has 1 fully saturated rings. The molecule has 5 nitrogen and oxygen atoms in total. The van der Waals surface area contributed by atoms with E-state index in [-0.39, 0.29) is 0 Å². The Labute approximate surface area is 109 Å². The van der Waals surface area contributed by atoms with Gasteiger partial charge in [0.1, 0.15) is 5.82 Å². The average molecular weight is 252 g/mol. The Morgan fingerprint density at radius 3 is 2.39 bits per heavy atom. The van der Waals surface area contributed by atoms with Crippen molar-refractivity contribution >= 4 is 11.8 Å². The number of aromatic nitrogens is 2.